The van der Waals surface area contributed by atoms with Crippen LogP contribution in [0.4, 0.5) is 10.8 Å². The molecule has 0 aliphatic rings. The number of phenols is 4. The van der Waals surface area contributed by atoms with Crippen molar-refractivity contribution < 1.29 is 61.0 Å². The quantitative estimate of drug-likeness (QED) is 0.0747. The maximum absolute atomic E-state index is 12.4. The fourth-order valence-electron chi connectivity index (χ4n) is 3.43. The number of aromatic nitrogens is 1. The van der Waals surface area contributed by atoms with Gasteiger partial charge in [-0.2, -0.15) is 0 Å². The summed E-state index contributed by atoms with van der Waals surface area (Å²) >= 11 is 0.397. The first-order chi connectivity index (χ1) is 17.4. The number of benzene rings is 2. The summed E-state index contributed by atoms with van der Waals surface area (Å²) in [5, 5.41) is 114. The summed E-state index contributed by atoms with van der Waals surface area (Å²) in [5.74, 6) is -17.0. The van der Waals surface area contributed by atoms with Crippen LogP contribution in [-0.4, -0.2) is 78.9 Å². The fraction of sp³-hybridized carbons (Fsp3) is 0.238. The molecule has 0 radical (unpaired) electrons. The molecule has 0 saturated heterocycles. The molecule has 17 heteroatoms. The van der Waals surface area contributed by atoms with Crippen LogP contribution in [-0.2, 0) is 23.4 Å². The van der Waals surface area contributed by atoms with E-state index in [1.807, 2.05) is 0 Å². The number of rotatable bonds is 9. The molecule has 206 valence electrons. The van der Waals surface area contributed by atoms with Crippen LogP contribution in [0.25, 0.3) is 0 Å². The molecule has 2 aromatic carbocycles. The lowest BCUT2D eigenvalue weighted by Gasteiger charge is -2.32. The molecule has 0 aliphatic carbocycles. The second-order valence-electron chi connectivity index (χ2n) is 8.18. The van der Waals surface area contributed by atoms with Crippen molar-refractivity contribution in [3.63, 3.8) is 0 Å². The number of hydrogen-bond acceptors (Lipinski definition) is 16. The van der Waals surface area contributed by atoms with E-state index in [1.165, 1.54) is 12.1 Å². The van der Waals surface area contributed by atoms with Gasteiger partial charge in [0.25, 0.3) is 11.7 Å². The number of nitrogens with zero attached hydrogens (tertiary/aromatic N) is 1. The Kier molecular flexibility index (Phi) is 7.59. The Balaban J connectivity index is 1.86. The van der Waals surface area contributed by atoms with Crippen LogP contribution >= 0.6 is 11.3 Å². The highest BCUT2D eigenvalue weighted by molar-refractivity contribution is 7.17. The summed E-state index contributed by atoms with van der Waals surface area (Å²) in [5.41, 5.74) is 2.62. The van der Waals surface area contributed by atoms with Gasteiger partial charge in [-0.15, -0.1) is 0 Å². The van der Waals surface area contributed by atoms with E-state index in [0.29, 0.717) is 16.9 Å². The standard InChI is InChI=1S/C21H24N4O12S/c22-18-24-15(16(30)38-18)21(36,37)17(31)23-10-13(28)11(26)9(12(27)14(10)29)7-20(34,35)25-19(32,33)6-8-4-2-1-3-5-8/h1-5,25-30,32-37H,6-7H2,(H2,22,24)(H,23,31). The average molecular weight is 557 g/mol. The van der Waals surface area contributed by atoms with Crippen LogP contribution < -0.4 is 16.4 Å². The van der Waals surface area contributed by atoms with Gasteiger partial charge < -0.3 is 67.2 Å². The van der Waals surface area contributed by atoms with E-state index in [2.05, 4.69) is 4.98 Å². The predicted molar refractivity (Wildman–Crippen MR) is 127 cm³/mol. The van der Waals surface area contributed by atoms with Crippen molar-refractivity contribution in [3.8, 4) is 28.1 Å². The van der Waals surface area contributed by atoms with Gasteiger partial charge in [0.05, 0.1) is 5.56 Å². The number of nitrogens with one attached hydrogen (secondary N) is 2. The molecule has 1 aromatic heterocycles. The van der Waals surface area contributed by atoms with Gasteiger partial charge in [0.1, 0.15) is 5.69 Å². The Labute approximate surface area is 216 Å². The second kappa shape index (κ2) is 10.1. The maximum Gasteiger partial charge on any atom is 0.294 e. The molecule has 1 heterocycles. The minimum atomic E-state index is -3.57. The smallest absolute Gasteiger partial charge is 0.294 e. The number of thiazole rings is 1. The lowest BCUT2D eigenvalue weighted by atomic mass is 10.0. The number of nitrogens with two attached hydrogens (primary N) is 1. The zero-order valence-electron chi connectivity index (χ0n) is 19.1. The lowest BCUT2D eigenvalue weighted by Crippen LogP contribution is -2.60. The number of nitrogen functional groups attached to an aromatic ring is 1. The monoisotopic (exact) mass is 556 g/mol. The molecule has 16 nitrogen and oxygen atoms in total. The fourth-order valence-corrected chi connectivity index (χ4v) is 4.05. The molecule has 0 bridgehead atoms. The number of carbonyl (C=O) groups excluding carboxylic acids is 1. The third-order valence-electron chi connectivity index (χ3n) is 5.12. The van der Waals surface area contributed by atoms with Crippen LogP contribution in [0.3, 0.4) is 0 Å². The first-order valence-corrected chi connectivity index (χ1v) is 11.2. The van der Waals surface area contributed by atoms with Gasteiger partial charge in [-0.25, -0.2) is 10.3 Å². The number of amides is 1. The predicted octanol–water partition coefficient (Wildman–Crippen LogP) is -2.32. The Bertz CT molecular complexity index is 1310. The van der Waals surface area contributed by atoms with E-state index in [0.717, 1.165) is 0 Å². The van der Waals surface area contributed by atoms with Gasteiger partial charge in [-0.1, -0.05) is 41.7 Å². The first kappa shape index (κ1) is 28.6. The summed E-state index contributed by atoms with van der Waals surface area (Å²) in [6.45, 7) is 0. The SMILES string of the molecule is Nc1nc(C(O)(O)C(=O)Nc2c(O)c(O)c(CC(O)(O)NC(O)(O)Cc3ccccc3)c(O)c2O)c(O)s1. The molecule has 38 heavy (non-hydrogen) atoms. The molecule has 3 aromatic rings. The maximum atomic E-state index is 12.4. The molecule has 0 atom stereocenters. The van der Waals surface area contributed by atoms with E-state index in [1.54, 1.807) is 28.8 Å². The molecule has 0 unspecified atom stereocenters. The summed E-state index contributed by atoms with van der Waals surface area (Å²) in [4.78, 5) is 15.8. The average Bonchev–Trinajstić information content (AvgIpc) is 3.16. The molecule has 1 amide bonds. The minimum absolute atomic E-state index is 0.341. The first-order valence-electron chi connectivity index (χ1n) is 10.4. The summed E-state index contributed by atoms with van der Waals surface area (Å²) in [6.07, 6.45) is -1.81. The third kappa shape index (κ3) is 5.96. The third-order valence-corrected chi connectivity index (χ3v) is 5.81. The van der Waals surface area contributed by atoms with Crippen LogP contribution in [0, 0.1) is 0 Å². The summed E-state index contributed by atoms with van der Waals surface area (Å²) in [7, 11) is 0. The van der Waals surface area contributed by atoms with Crippen molar-refractivity contribution in [2.24, 2.45) is 0 Å². The molecule has 3 rings (SSSR count). The molecule has 0 saturated carbocycles. The van der Waals surface area contributed by atoms with Crippen LogP contribution in [0.1, 0.15) is 16.8 Å². The highest BCUT2D eigenvalue weighted by atomic mass is 32.1. The van der Waals surface area contributed by atoms with Crippen molar-refractivity contribution in [1.29, 1.82) is 0 Å². The molecule has 0 aliphatic heterocycles. The van der Waals surface area contributed by atoms with E-state index < -0.39 is 81.4 Å². The van der Waals surface area contributed by atoms with Crippen molar-refractivity contribution in [2.45, 2.75) is 30.5 Å². The highest BCUT2D eigenvalue weighted by Crippen LogP contribution is 2.51. The molecular weight excluding hydrogens is 532 g/mol. The number of aliphatic hydroxyl groups is 6. The lowest BCUT2D eigenvalue weighted by molar-refractivity contribution is -0.284. The molecule has 15 N–H and O–H groups in total. The minimum Gasteiger partial charge on any atom is -0.504 e. The zero-order valence-corrected chi connectivity index (χ0v) is 19.9. The zero-order chi connectivity index (χ0) is 28.6. The van der Waals surface area contributed by atoms with E-state index >= 15 is 0 Å². The molecule has 0 spiro atoms. The van der Waals surface area contributed by atoms with Gasteiger partial charge in [0, 0.05) is 12.8 Å². The van der Waals surface area contributed by atoms with Gasteiger partial charge in [-0.05, 0) is 5.56 Å². The molecule has 0 fully saturated rings. The van der Waals surface area contributed by atoms with Crippen molar-refractivity contribution in [1.82, 2.24) is 10.3 Å². The van der Waals surface area contributed by atoms with E-state index in [4.69, 9.17) is 5.73 Å². The normalized spacial score (nSPS) is 12.5. The largest absolute Gasteiger partial charge is 0.504 e. The van der Waals surface area contributed by atoms with Gasteiger partial charge in [0.15, 0.2) is 33.8 Å². The Morgan fingerprint density at radius 1 is 0.842 bits per heavy atom. The van der Waals surface area contributed by atoms with Crippen LogP contribution in [0.5, 0.6) is 28.1 Å². The van der Waals surface area contributed by atoms with Gasteiger partial charge in [-0.3, -0.25) is 4.79 Å². The van der Waals surface area contributed by atoms with Gasteiger partial charge in [0.2, 0.25) is 16.9 Å². The summed E-state index contributed by atoms with van der Waals surface area (Å²) in [6, 6.07) is 7.86. The van der Waals surface area contributed by atoms with Crippen molar-refractivity contribution >= 4 is 28.1 Å². The van der Waals surface area contributed by atoms with Crippen molar-refractivity contribution in [3.05, 3.63) is 47.2 Å². The number of phenolic OH excluding ortho intramolecular Hbond substituents is 4. The van der Waals surface area contributed by atoms with E-state index in [-0.39, 0.29) is 5.13 Å². The highest BCUT2D eigenvalue weighted by Gasteiger charge is 2.43. The molecular formula is C21H24N4O12S. The van der Waals surface area contributed by atoms with Crippen LogP contribution in [0.2, 0.25) is 0 Å². The van der Waals surface area contributed by atoms with Gasteiger partial charge >= 0.3 is 0 Å². The Morgan fingerprint density at radius 2 is 1.37 bits per heavy atom. The summed E-state index contributed by atoms with van der Waals surface area (Å²) < 4.78 is 0. The Morgan fingerprint density at radius 3 is 1.87 bits per heavy atom. The van der Waals surface area contributed by atoms with Crippen molar-refractivity contribution in [2.75, 3.05) is 11.1 Å². The van der Waals surface area contributed by atoms with E-state index in [9.17, 15) is 61.0 Å². The number of anilines is 2. The van der Waals surface area contributed by atoms with Crippen LogP contribution in [0.15, 0.2) is 30.3 Å². The number of hydrogen-bond donors (Lipinski definition) is 14. The Hall–Kier alpha value is -3.94. The topological polar surface area (TPSA) is 303 Å². The number of carbonyl (C=O) groups is 1. The second-order valence-corrected chi connectivity index (χ2v) is 9.19. The number of aromatic hydroxyl groups is 5.